The third kappa shape index (κ3) is 2.67. The molecule has 0 aromatic carbocycles. The molecule has 92 valence electrons. The summed E-state index contributed by atoms with van der Waals surface area (Å²) in [5.41, 5.74) is 5.84. The highest BCUT2D eigenvalue weighted by molar-refractivity contribution is 5.74. The van der Waals surface area contributed by atoms with Crippen molar-refractivity contribution in [2.24, 2.45) is 11.7 Å². The van der Waals surface area contributed by atoms with Crippen LogP contribution in [0.15, 0.2) is 0 Å². The molecule has 2 N–H and O–H groups in total. The van der Waals surface area contributed by atoms with Gasteiger partial charge < -0.3 is 15.5 Å². The molecular formula is C12H23N3O. The molecule has 0 atom stereocenters. The normalized spacial score (nSPS) is 24.9. The minimum absolute atomic E-state index is 0.235. The Labute approximate surface area is 97.8 Å². The van der Waals surface area contributed by atoms with E-state index >= 15 is 0 Å². The first-order valence-electron chi connectivity index (χ1n) is 6.46. The molecule has 4 heteroatoms. The lowest BCUT2D eigenvalue weighted by atomic mass is 9.99. The van der Waals surface area contributed by atoms with Gasteiger partial charge in [0.2, 0.25) is 0 Å². The molecule has 2 aliphatic heterocycles. The lowest BCUT2D eigenvalue weighted by molar-refractivity contribution is 0.124. The van der Waals surface area contributed by atoms with Gasteiger partial charge in [0.1, 0.15) is 0 Å². The van der Waals surface area contributed by atoms with E-state index in [9.17, 15) is 4.79 Å². The molecule has 16 heavy (non-hydrogen) atoms. The molecule has 0 saturated carbocycles. The van der Waals surface area contributed by atoms with Crippen LogP contribution in [-0.4, -0.2) is 48.1 Å². The van der Waals surface area contributed by atoms with Crippen molar-refractivity contribution in [3.05, 3.63) is 0 Å². The molecule has 2 heterocycles. The van der Waals surface area contributed by atoms with Crippen LogP contribution in [-0.2, 0) is 0 Å². The Morgan fingerprint density at radius 3 is 1.94 bits per heavy atom. The van der Waals surface area contributed by atoms with E-state index in [1.165, 1.54) is 0 Å². The predicted octanol–water partition coefficient (Wildman–Crippen LogP) is 1.26. The number of carbonyl (C=O) groups is 1. The zero-order chi connectivity index (χ0) is 11.5. The minimum atomic E-state index is 0.235. The van der Waals surface area contributed by atoms with Crippen molar-refractivity contribution in [2.45, 2.75) is 38.6 Å². The average Bonchev–Trinajstić information content (AvgIpc) is 2.30. The quantitative estimate of drug-likeness (QED) is 0.675. The van der Waals surface area contributed by atoms with E-state index in [1.807, 2.05) is 9.80 Å². The van der Waals surface area contributed by atoms with Crippen LogP contribution in [0.1, 0.15) is 32.6 Å². The van der Waals surface area contributed by atoms with E-state index in [4.69, 9.17) is 5.73 Å². The fraction of sp³-hybridized carbons (Fsp3) is 0.917. The van der Waals surface area contributed by atoms with Gasteiger partial charge in [0.25, 0.3) is 0 Å². The maximum atomic E-state index is 12.2. The van der Waals surface area contributed by atoms with Crippen molar-refractivity contribution < 1.29 is 4.79 Å². The Bertz CT molecular complexity index is 217. The zero-order valence-electron chi connectivity index (χ0n) is 10.2. The van der Waals surface area contributed by atoms with Crippen LogP contribution in [0.25, 0.3) is 0 Å². The molecule has 0 bridgehead atoms. The molecule has 2 aliphatic rings. The summed E-state index contributed by atoms with van der Waals surface area (Å²) in [6, 6.07) is 0.532. The lowest BCUT2D eigenvalue weighted by Gasteiger charge is -2.37. The van der Waals surface area contributed by atoms with Crippen LogP contribution in [0.5, 0.6) is 0 Å². The summed E-state index contributed by atoms with van der Waals surface area (Å²) in [7, 11) is 0. The second-order valence-corrected chi connectivity index (χ2v) is 5.28. The Balaban J connectivity index is 1.83. The zero-order valence-corrected chi connectivity index (χ0v) is 10.2. The molecular weight excluding hydrogens is 202 g/mol. The summed E-state index contributed by atoms with van der Waals surface area (Å²) in [6.45, 7) is 5.81. The standard InChI is InChI=1S/C12H23N3O/c1-10-2-6-14(7-3-10)12(16)15-8-4-11(13)5-9-15/h10-11H,2-9,13H2,1H3. The van der Waals surface area contributed by atoms with Crippen LogP contribution >= 0.6 is 0 Å². The minimum Gasteiger partial charge on any atom is -0.328 e. The molecule has 4 nitrogen and oxygen atoms in total. The van der Waals surface area contributed by atoms with Gasteiger partial charge in [-0.15, -0.1) is 0 Å². The molecule has 0 aromatic heterocycles. The van der Waals surface area contributed by atoms with Gasteiger partial charge in [-0.05, 0) is 31.6 Å². The number of nitrogens with two attached hydrogens (primary N) is 1. The highest BCUT2D eigenvalue weighted by atomic mass is 16.2. The van der Waals surface area contributed by atoms with Gasteiger partial charge in [0.15, 0.2) is 0 Å². The second kappa shape index (κ2) is 5.04. The Hall–Kier alpha value is -0.770. The summed E-state index contributed by atoms with van der Waals surface area (Å²) in [4.78, 5) is 16.2. The number of carbonyl (C=O) groups excluding carboxylic acids is 1. The molecule has 2 amide bonds. The first-order valence-corrected chi connectivity index (χ1v) is 6.46. The monoisotopic (exact) mass is 225 g/mol. The van der Waals surface area contributed by atoms with Gasteiger partial charge >= 0.3 is 6.03 Å². The van der Waals surface area contributed by atoms with Crippen LogP contribution in [0.3, 0.4) is 0 Å². The van der Waals surface area contributed by atoms with Crippen LogP contribution in [0.4, 0.5) is 4.79 Å². The van der Waals surface area contributed by atoms with Gasteiger partial charge in [-0.1, -0.05) is 6.92 Å². The molecule has 2 rings (SSSR count). The number of nitrogens with zero attached hydrogens (tertiary/aromatic N) is 2. The van der Waals surface area contributed by atoms with E-state index in [1.54, 1.807) is 0 Å². The van der Waals surface area contributed by atoms with Crippen LogP contribution in [0, 0.1) is 5.92 Å². The van der Waals surface area contributed by atoms with Crippen molar-refractivity contribution in [3.63, 3.8) is 0 Å². The SMILES string of the molecule is CC1CCN(C(=O)N2CCC(N)CC2)CC1. The fourth-order valence-electron chi connectivity index (χ4n) is 2.49. The molecule has 0 radical (unpaired) electrons. The largest absolute Gasteiger partial charge is 0.328 e. The number of hydrogen-bond acceptors (Lipinski definition) is 2. The van der Waals surface area contributed by atoms with Crippen LogP contribution < -0.4 is 5.73 Å². The van der Waals surface area contributed by atoms with Crippen molar-refractivity contribution in [3.8, 4) is 0 Å². The maximum Gasteiger partial charge on any atom is 0.319 e. The second-order valence-electron chi connectivity index (χ2n) is 5.28. The summed E-state index contributed by atoms with van der Waals surface area (Å²) in [5, 5.41) is 0. The summed E-state index contributed by atoms with van der Waals surface area (Å²) in [5.74, 6) is 0.777. The van der Waals surface area contributed by atoms with Crippen molar-refractivity contribution in [1.82, 2.24) is 9.80 Å². The highest BCUT2D eigenvalue weighted by Gasteiger charge is 2.27. The third-order valence-electron chi connectivity index (χ3n) is 3.86. The molecule has 2 saturated heterocycles. The first kappa shape index (κ1) is 11.7. The van der Waals surface area contributed by atoms with E-state index in [2.05, 4.69) is 6.92 Å². The highest BCUT2D eigenvalue weighted by Crippen LogP contribution is 2.18. The van der Waals surface area contributed by atoms with Gasteiger partial charge in [0, 0.05) is 32.2 Å². The molecule has 2 fully saturated rings. The molecule has 0 unspecified atom stereocenters. The van der Waals surface area contributed by atoms with Gasteiger partial charge in [-0.2, -0.15) is 0 Å². The number of hydrogen-bond donors (Lipinski definition) is 1. The Morgan fingerprint density at radius 1 is 1.00 bits per heavy atom. The van der Waals surface area contributed by atoms with Crippen LogP contribution in [0.2, 0.25) is 0 Å². The van der Waals surface area contributed by atoms with Crippen molar-refractivity contribution in [1.29, 1.82) is 0 Å². The number of urea groups is 1. The smallest absolute Gasteiger partial charge is 0.319 e. The molecule has 0 aliphatic carbocycles. The van der Waals surface area contributed by atoms with Gasteiger partial charge in [0.05, 0.1) is 0 Å². The van der Waals surface area contributed by atoms with E-state index in [0.717, 1.165) is 57.8 Å². The van der Waals surface area contributed by atoms with Crippen molar-refractivity contribution in [2.75, 3.05) is 26.2 Å². The molecule has 0 spiro atoms. The Morgan fingerprint density at radius 2 is 1.44 bits per heavy atom. The fourth-order valence-corrected chi connectivity index (χ4v) is 2.49. The van der Waals surface area contributed by atoms with Crippen molar-refractivity contribution >= 4 is 6.03 Å². The molecule has 0 aromatic rings. The van der Waals surface area contributed by atoms with Gasteiger partial charge in [-0.25, -0.2) is 4.79 Å². The maximum absolute atomic E-state index is 12.2. The van der Waals surface area contributed by atoms with E-state index in [0.29, 0.717) is 6.04 Å². The summed E-state index contributed by atoms with van der Waals surface area (Å²) >= 11 is 0. The van der Waals surface area contributed by atoms with E-state index in [-0.39, 0.29) is 6.03 Å². The summed E-state index contributed by atoms with van der Waals surface area (Å²) < 4.78 is 0. The number of rotatable bonds is 0. The topological polar surface area (TPSA) is 49.6 Å². The van der Waals surface area contributed by atoms with Gasteiger partial charge in [-0.3, -0.25) is 0 Å². The number of piperidine rings is 2. The summed E-state index contributed by atoms with van der Waals surface area (Å²) in [6.07, 6.45) is 4.21. The number of likely N-dealkylation sites (tertiary alicyclic amines) is 2. The Kier molecular flexibility index (Phi) is 3.69. The number of amides is 2. The van der Waals surface area contributed by atoms with E-state index < -0.39 is 0 Å². The first-order chi connectivity index (χ1) is 7.66. The predicted molar refractivity (Wildman–Crippen MR) is 64.1 cm³/mol. The lowest BCUT2D eigenvalue weighted by Crippen LogP contribution is -2.50. The average molecular weight is 225 g/mol. The third-order valence-corrected chi connectivity index (χ3v) is 3.86.